The van der Waals surface area contributed by atoms with Gasteiger partial charge < -0.3 is 10.1 Å². The lowest BCUT2D eigenvalue weighted by atomic mass is 10.2. The molecule has 0 aliphatic rings. The van der Waals surface area contributed by atoms with Crippen molar-refractivity contribution in [3.8, 4) is 5.75 Å². The van der Waals surface area contributed by atoms with Crippen LogP contribution in [0.1, 0.15) is 10.4 Å². The van der Waals surface area contributed by atoms with E-state index in [9.17, 15) is 17.6 Å². The van der Waals surface area contributed by atoms with Crippen molar-refractivity contribution in [2.75, 3.05) is 17.1 Å². The summed E-state index contributed by atoms with van der Waals surface area (Å²) >= 11 is 5.64. The van der Waals surface area contributed by atoms with Crippen LogP contribution in [-0.4, -0.2) is 21.4 Å². The third-order valence-corrected chi connectivity index (χ3v) is 5.62. The van der Waals surface area contributed by atoms with Gasteiger partial charge in [-0.1, -0.05) is 11.6 Å². The van der Waals surface area contributed by atoms with Crippen LogP contribution >= 0.6 is 11.6 Å². The molecule has 0 unspecified atom stereocenters. The highest BCUT2D eigenvalue weighted by atomic mass is 35.5. The fraction of sp³-hybridized carbons (Fsp3) is 0.0500. The van der Waals surface area contributed by atoms with Gasteiger partial charge in [-0.25, -0.2) is 12.8 Å². The molecule has 3 rings (SSSR count). The Balaban J connectivity index is 1.70. The van der Waals surface area contributed by atoms with Gasteiger partial charge in [0.05, 0.1) is 17.0 Å². The van der Waals surface area contributed by atoms with E-state index in [1.54, 1.807) is 31.4 Å². The predicted octanol–water partition coefficient (Wildman–Crippen LogP) is 4.54. The molecular formula is C20H16ClFN2O4S. The van der Waals surface area contributed by atoms with Crippen molar-refractivity contribution in [1.29, 1.82) is 0 Å². The first-order chi connectivity index (χ1) is 13.8. The number of amides is 1. The zero-order valence-corrected chi connectivity index (χ0v) is 16.7. The molecule has 2 N–H and O–H groups in total. The van der Waals surface area contributed by atoms with Gasteiger partial charge in [-0.15, -0.1) is 0 Å². The van der Waals surface area contributed by atoms with E-state index in [0.29, 0.717) is 17.0 Å². The third kappa shape index (κ3) is 5.04. The van der Waals surface area contributed by atoms with Crippen LogP contribution in [0.4, 0.5) is 15.8 Å². The molecule has 150 valence electrons. The average Bonchev–Trinajstić information content (AvgIpc) is 2.70. The molecule has 3 aromatic carbocycles. The molecule has 0 saturated carbocycles. The lowest BCUT2D eigenvalue weighted by molar-refractivity contribution is 0.102. The molecule has 3 aromatic rings. The molecule has 0 aliphatic heterocycles. The van der Waals surface area contributed by atoms with Gasteiger partial charge in [0.15, 0.2) is 0 Å². The SMILES string of the molecule is COc1ccc(NC(=O)c2ccc(NS(=O)(=O)c3ccc(F)c(Cl)c3)cc2)cc1. The molecule has 9 heteroatoms. The summed E-state index contributed by atoms with van der Waals surface area (Å²) < 4.78 is 45.4. The standard InChI is InChI=1S/C20H16ClFN2O4S/c1-28-16-8-6-14(7-9-16)23-20(25)13-2-4-15(5-3-13)24-29(26,27)17-10-11-19(22)18(21)12-17/h2-12,24H,1H3,(H,23,25). The van der Waals surface area contributed by atoms with Crippen LogP contribution in [0.5, 0.6) is 5.75 Å². The first-order valence-electron chi connectivity index (χ1n) is 8.32. The maximum absolute atomic E-state index is 13.2. The van der Waals surface area contributed by atoms with Crippen LogP contribution in [-0.2, 0) is 10.0 Å². The van der Waals surface area contributed by atoms with Crippen molar-refractivity contribution in [3.05, 3.63) is 83.1 Å². The van der Waals surface area contributed by atoms with Gasteiger partial charge in [-0.05, 0) is 66.7 Å². The molecule has 0 spiro atoms. The summed E-state index contributed by atoms with van der Waals surface area (Å²) in [6.07, 6.45) is 0. The number of sulfonamides is 1. The van der Waals surface area contributed by atoms with E-state index >= 15 is 0 Å². The Labute approximate surface area is 172 Å². The van der Waals surface area contributed by atoms with E-state index in [4.69, 9.17) is 16.3 Å². The number of anilines is 2. The number of benzene rings is 3. The fourth-order valence-corrected chi connectivity index (χ4v) is 3.76. The summed E-state index contributed by atoms with van der Waals surface area (Å²) in [7, 11) is -2.40. The van der Waals surface area contributed by atoms with Crippen molar-refractivity contribution in [3.63, 3.8) is 0 Å². The summed E-state index contributed by atoms with van der Waals surface area (Å²) in [5.74, 6) is -0.394. The van der Waals surface area contributed by atoms with Gasteiger partial charge >= 0.3 is 0 Å². The van der Waals surface area contributed by atoms with E-state index in [0.717, 1.165) is 18.2 Å². The molecular weight excluding hydrogens is 419 g/mol. The second-order valence-electron chi connectivity index (χ2n) is 5.94. The highest BCUT2D eigenvalue weighted by Crippen LogP contribution is 2.22. The van der Waals surface area contributed by atoms with Crippen molar-refractivity contribution in [2.45, 2.75) is 4.90 Å². The Morgan fingerprint density at radius 1 is 0.966 bits per heavy atom. The van der Waals surface area contributed by atoms with E-state index in [2.05, 4.69) is 10.0 Å². The normalized spacial score (nSPS) is 11.0. The number of rotatable bonds is 6. The van der Waals surface area contributed by atoms with Gasteiger partial charge in [0.2, 0.25) is 0 Å². The number of halogens is 2. The maximum atomic E-state index is 13.2. The summed E-state index contributed by atoms with van der Waals surface area (Å²) in [5.41, 5.74) is 1.17. The second kappa shape index (κ2) is 8.50. The van der Waals surface area contributed by atoms with Crippen LogP contribution in [0.15, 0.2) is 71.6 Å². The van der Waals surface area contributed by atoms with E-state index in [1.807, 2.05) is 0 Å². The Kier molecular flexibility index (Phi) is 6.05. The van der Waals surface area contributed by atoms with Gasteiger partial charge in [0.1, 0.15) is 11.6 Å². The highest BCUT2D eigenvalue weighted by molar-refractivity contribution is 7.92. The molecule has 0 atom stereocenters. The smallest absolute Gasteiger partial charge is 0.261 e. The molecule has 0 heterocycles. The summed E-state index contributed by atoms with van der Waals surface area (Å²) in [6.45, 7) is 0. The molecule has 0 saturated heterocycles. The number of carbonyl (C=O) groups is 1. The monoisotopic (exact) mass is 434 g/mol. The lowest BCUT2D eigenvalue weighted by Gasteiger charge is -2.10. The largest absolute Gasteiger partial charge is 0.497 e. The molecule has 6 nitrogen and oxygen atoms in total. The summed E-state index contributed by atoms with van der Waals surface area (Å²) in [4.78, 5) is 12.1. The van der Waals surface area contributed by atoms with Crippen molar-refractivity contribution in [1.82, 2.24) is 0 Å². The number of methoxy groups -OCH3 is 1. The zero-order valence-electron chi connectivity index (χ0n) is 15.1. The molecule has 1 amide bonds. The minimum Gasteiger partial charge on any atom is -0.497 e. The summed E-state index contributed by atoms with van der Waals surface area (Å²) in [5, 5.41) is 2.44. The second-order valence-corrected chi connectivity index (χ2v) is 8.03. The number of carbonyl (C=O) groups excluding carboxylic acids is 1. The van der Waals surface area contributed by atoms with E-state index in [-0.39, 0.29) is 21.5 Å². The number of hydrogen-bond acceptors (Lipinski definition) is 4. The van der Waals surface area contributed by atoms with Gasteiger partial charge in [0.25, 0.3) is 15.9 Å². The van der Waals surface area contributed by atoms with E-state index < -0.39 is 15.8 Å². The minimum absolute atomic E-state index is 0.176. The van der Waals surface area contributed by atoms with Gasteiger partial charge in [0, 0.05) is 16.9 Å². The van der Waals surface area contributed by atoms with Crippen molar-refractivity contribution < 1.29 is 22.3 Å². The quantitative estimate of drug-likeness (QED) is 0.596. The molecule has 29 heavy (non-hydrogen) atoms. The van der Waals surface area contributed by atoms with Crippen LogP contribution in [0.3, 0.4) is 0 Å². The van der Waals surface area contributed by atoms with E-state index in [1.165, 1.54) is 24.3 Å². The number of nitrogens with one attached hydrogen (secondary N) is 2. The van der Waals surface area contributed by atoms with Crippen LogP contribution in [0.2, 0.25) is 5.02 Å². The Hall–Kier alpha value is -3.10. The molecule has 0 aromatic heterocycles. The number of hydrogen-bond donors (Lipinski definition) is 2. The Morgan fingerprint density at radius 3 is 2.17 bits per heavy atom. The van der Waals surface area contributed by atoms with Crippen LogP contribution in [0, 0.1) is 5.82 Å². The van der Waals surface area contributed by atoms with Crippen molar-refractivity contribution in [2.24, 2.45) is 0 Å². The highest BCUT2D eigenvalue weighted by Gasteiger charge is 2.16. The summed E-state index contributed by atoms with van der Waals surface area (Å²) in [6, 6.07) is 15.8. The molecule has 0 aliphatic carbocycles. The lowest BCUT2D eigenvalue weighted by Crippen LogP contribution is -2.14. The van der Waals surface area contributed by atoms with Crippen LogP contribution < -0.4 is 14.8 Å². The zero-order chi connectivity index (χ0) is 21.0. The molecule has 0 fully saturated rings. The minimum atomic E-state index is -3.95. The third-order valence-electron chi connectivity index (χ3n) is 3.95. The van der Waals surface area contributed by atoms with Crippen molar-refractivity contribution >= 4 is 38.9 Å². The van der Waals surface area contributed by atoms with Gasteiger partial charge in [-0.3, -0.25) is 9.52 Å². The Morgan fingerprint density at radius 2 is 1.59 bits per heavy atom. The topological polar surface area (TPSA) is 84.5 Å². The molecule has 0 radical (unpaired) electrons. The fourth-order valence-electron chi connectivity index (χ4n) is 2.43. The average molecular weight is 435 g/mol. The Bertz CT molecular complexity index is 1130. The number of ether oxygens (including phenoxy) is 1. The maximum Gasteiger partial charge on any atom is 0.261 e. The first-order valence-corrected chi connectivity index (χ1v) is 10.2. The predicted molar refractivity (Wildman–Crippen MR) is 110 cm³/mol. The van der Waals surface area contributed by atoms with Gasteiger partial charge in [-0.2, -0.15) is 0 Å². The first kappa shape index (κ1) is 20.6. The van der Waals surface area contributed by atoms with Crippen LogP contribution in [0.25, 0.3) is 0 Å². The molecule has 0 bridgehead atoms.